The summed E-state index contributed by atoms with van der Waals surface area (Å²) in [4.78, 5) is 17.4. The van der Waals surface area contributed by atoms with E-state index in [1.807, 2.05) is 29.2 Å². The molecule has 1 aromatic carbocycles. The van der Waals surface area contributed by atoms with Gasteiger partial charge in [0.25, 0.3) is 0 Å². The summed E-state index contributed by atoms with van der Waals surface area (Å²) in [5, 5.41) is 7.89. The summed E-state index contributed by atoms with van der Waals surface area (Å²) in [5.74, 6) is -0.0389. The second-order valence-electron chi connectivity index (χ2n) is 5.95. The number of rotatable bonds is 2. The van der Waals surface area contributed by atoms with Gasteiger partial charge < -0.3 is 11.1 Å². The summed E-state index contributed by atoms with van der Waals surface area (Å²) in [7, 11) is 0. The minimum atomic E-state index is -0.0594. The van der Waals surface area contributed by atoms with Crippen LogP contribution in [0.15, 0.2) is 36.7 Å². The lowest BCUT2D eigenvalue weighted by Gasteiger charge is -2.10. The molecular formula is C17H17N5OS. The van der Waals surface area contributed by atoms with Gasteiger partial charge in [-0.25, -0.2) is 9.67 Å². The molecule has 0 radical (unpaired) electrons. The van der Waals surface area contributed by atoms with Crippen molar-refractivity contribution in [1.29, 1.82) is 0 Å². The van der Waals surface area contributed by atoms with Crippen LogP contribution in [-0.2, 0) is 11.3 Å². The second-order valence-corrected chi connectivity index (χ2v) is 7.02. The number of nitrogens with zero attached hydrogens (tertiary/aromatic N) is 3. The molecule has 122 valence electrons. The molecule has 3 heterocycles. The zero-order valence-corrected chi connectivity index (χ0v) is 14.0. The first-order chi connectivity index (χ1) is 11.6. The molecule has 0 spiro atoms. The number of aromatic nitrogens is 3. The van der Waals surface area contributed by atoms with Crippen molar-refractivity contribution >= 4 is 22.4 Å². The van der Waals surface area contributed by atoms with E-state index in [1.165, 1.54) is 16.9 Å². The maximum Gasteiger partial charge on any atom is 0.221 e. The van der Waals surface area contributed by atoms with Gasteiger partial charge in [-0.15, -0.1) is 11.3 Å². The molecule has 0 saturated heterocycles. The molecule has 0 saturated carbocycles. The fraction of sp³-hybridized carbons (Fsp3) is 0.235. The average Bonchev–Trinajstić information content (AvgIpc) is 3.14. The summed E-state index contributed by atoms with van der Waals surface area (Å²) < 4.78 is 1.84. The molecule has 3 aromatic rings. The molecule has 0 unspecified atom stereocenters. The Labute approximate surface area is 143 Å². The van der Waals surface area contributed by atoms with Crippen LogP contribution in [0.5, 0.6) is 0 Å². The van der Waals surface area contributed by atoms with Crippen molar-refractivity contribution in [2.24, 2.45) is 0 Å². The fourth-order valence-corrected chi connectivity index (χ4v) is 3.99. The highest BCUT2D eigenvalue weighted by Crippen LogP contribution is 2.37. The van der Waals surface area contributed by atoms with Gasteiger partial charge in [0.05, 0.1) is 24.1 Å². The Hall–Kier alpha value is -2.67. The van der Waals surface area contributed by atoms with E-state index in [4.69, 9.17) is 5.73 Å². The van der Waals surface area contributed by atoms with E-state index in [0.717, 1.165) is 21.8 Å². The first-order valence-corrected chi connectivity index (χ1v) is 8.55. The Bertz CT molecular complexity index is 913. The van der Waals surface area contributed by atoms with E-state index in [2.05, 4.69) is 34.5 Å². The lowest BCUT2D eigenvalue weighted by Crippen LogP contribution is -2.21. The standard InChI is InChI=1S/C17H17N5OS/c1-10-3-2-4-12(5-10)22-9-11(7-20-22)13-6-15(23)19-8-14-16(13)24-17(18)21-14/h2-5,7,9,13H,6,8H2,1H3,(H2,18,21)(H,19,23)/t13-/m0/s1. The van der Waals surface area contributed by atoms with Crippen molar-refractivity contribution in [1.82, 2.24) is 20.1 Å². The number of carbonyl (C=O) groups is 1. The molecule has 2 aromatic heterocycles. The van der Waals surface area contributed by atoms with Crippen LogP contribution in [0.1, 0.15) is 34.0 Å². The van der Waals surface area contributed by atoms with E-state index < -0.39 is 0 Å². The second kappa shape index (κ2) is 5.76. The van der Waals surface area contributed by atoms with Crippen LogP contribution in [0.25, 0.3) is 5.69 Å². The molecule has 1 amide bonds. The number of carbonyl (C=O) groups excluding carboxylic acids is 1. The molecule has 1 atom stereocenters. The molecular weight excluding hydrogens is 322 g/mol. The van der Waals surface area contributed by atoms with Crippen LogP contribution in [0.4, 0.5) is 5.13 Å². The van der Waals surface area contributed by atoms with Gasteiger partial charge in [-0.2, -0.15) is 5.10 Å². The lowest BCUT2D eigenvalue weighted by molar-refractivity contribution is -0.121. The van der Waals surface area contributed by atoms with Crippen molar-refractivity contribution < 1.29 is 4.79 Å². The van der Waals surface area contributed by atoms with Crippen molar-refractivity contribution in [3.63, 3.8) is 0 Å². The number of hydrogen-bond donors (Lipinski definition) is 2. The minimum Gasteiger partial charge on any atom is -0.375 e. The van der Waals surface area contributed by atoms with E-state index in [1.54, 1.807) is 0 Å². The van der Waals surface area contributed by atoms with Gasteiger partial charge in [0, 0.05) is 23.4 Å². The average molecular weight is 339 g/mol. The maximum atomic E-state index is 12.0. The van der Waals surface area contributed by atoms with Crippen LogP contribution in [0.2, 0.25) is 0 Å². The monoisotopic (exact) mass is 339 g/mol. The fourth-order valence-electron chi connectivity index (χ4n) is 3.01. The van der Waals surface area contributed by atoms with Crippen LogP contribution in [0.3, 0.4) is 0 Å². The molecule has 0 fully saturated rings. The van der Waals surface area contributed by atoms with Gasteiger partial charge in [-0.05, 0) is 30.2 Å². The zero-order valence-electron chi connectivity index (χ0n) is 13.2. The highest BCUT2D eigenvalue weighted by molar-refractivity contribution is 7.15. The van der Waals surface area contributed by atoms with Gasteiger partial charge in [0.2, 0.25) is 5.91 Å². The van der Waals surface area contributed by atoms with Crippen molar-refractivity contribution in [2.75, 3.05) is 5.73 Å². The largest absolute Gasteiger partial charge is 0.375 e. The third-order valence-electron chi connectivity index (χ3n) is 4.17. The number of thiazole rings is 1. The van der Waals surface area contributed by atoms with Gasteiger partial charge in [0.1, 0.15) is 0 Å². The molecule has 3 N–H and O–H groups in total. The topological polar surface area (TPSA) is 85.8 Å². The van der Waals surface area contributed by atoms with Gasteiger partial charge in [0.15, 0.2) is 5.13 Å². The number of nitrogen functional groups attached to an aromatic ring is 1. The Morgan fingerprint density at radius 2 is 2.29 bits per heavy atom. The number of aryl methyl sites for hydroxylation is 1. The predicted octanol–water partition coefficient (Wildman–Crippen LogP) is 2.37. The third kappa shape index (κ3) is 2.67. The van der Waals surface area contributed by atoms with Gasteiger partial charge >= 0.3 is 0 Å². The summed E-state index contributed by atoms with van der Waals surface area (Å²) in [6.07, 6.45) is 4.19. The van der Waals surface area contributed by atoms with Crippen LogP contribution in [0, 0.1) is 6.92 Å². The van der Waals surface area contributed by atoms with Gasteiger partial charge in [-0.3, -0.25) is 4.79 Å². The number of amides is 1. The van der Waals surface area contributed by atoms with E-state index in [0.29, 0.717) is 18.1 Å². The predicted molar refractivity (Wildman–Crippen MR) is 93.1 cm³/mol. The third-order valence-corrected chi connectivity index (χ3v) is 5.21. The number of hydrogen-bond acceptors (Lipinski definition) is 5. The SMILES string of the molecule is Cc1cccc(-n2cc([C@@H]3CC(=O)NCc4nc(N)sc43)cn2)c1. The molecule has 4 rings (SSSR count). The number of fused-ring (bicyclic) bond motifs is 1. The van der Waals surface area contributed by atoms with Crippen molar-refractivity contribution in [2.45, 2.75) is 25.8 Å². The number of benzene rings is 1. The lowest BCUT2D eigenvalue weighted by atomic mass is 9.96. The van der Waals surface area contributed by atoms with E-state index >= 15 is 0 Å². The minimum absolute atomic E-state index is 0.0204. The number of anilines is 1. The van der Waals surface area contributed by atoms with Gasteiger partial charge in [-0.1, -0.05) is 12.1 Å². The Morgan fingerprint density at radius 3 is 3.12 bits per heavy atom. The highest BCUT2D eigenvalue weighted by atomic mass is 32.1. The molecule has 7 heteroatoms. The summed E-state index contributed by atoms with van der Waals surface area (Å²) in [5.41, 5.74) is 9.91. The number of nitrogens with two attached hydrogens (primary N) is 1. The zero-order chi connectivity index (χ0) is 16.7. The Morgan fingerprint density at radius 1 is 1.42 bits per heavy atom. The normalized spacial score (nSPS) is 17.2. The Balaban J connectivity index is 1.74. The summed E-state index contributed by atoms with van der Waals surface area (Å²) >= 11 is 1.45. The van der Waals surface area contributed by atoms with E-state index in [-0.39, 0.29) is 11.8 Å². The smallest absolute Gasteiger partial charge is 0.221 e. The molecule has 6 nitrogen and oxygen atoms in total. The van der Waals surface area contributed by atoms with E-state index in [9.17, 15) is 4.79 Å². The van der Waals surface area contributed by atoms with Crippen LogP contribution in [-0.4, -0.2) is 20.7 Å². The van der Waals surface area contributed by atoms with Crippen LogP contribution >= 0.6 is 11.3 Å². The molecule has 24 heavy (non-hydrogen) atoms. The molecule has 1 aliphatic heterocycles. The first-order valence-electron chi connectivity index (χ1n) is 7.73. The Kier molecular flexibility index (Phi) is 3.57. The molecule has 0 bridgehead atoms. The quantitative estimate of drug-likeness (QED) is 0.750. The first kappa shape index (κ1) is 14.9. The van der Waals surface area contributed by atoms with Crippen molar-refractivity contribution in [3.05, 3.63) is 58.4 Å². The summed E-state index contributed by atoms with van der Waals surface area (Å²) in [6, 6.07) is 8.15. The summed E-state index contributed by atoms with van der Waals surface area (Å²) in [6.45, 7) is 2.49. The van der Waals surface area contributed by atoms with Crippen molar-refractivity contribution in [3.8, 4) is 5.69 Å². The number of nitrogens with one attached hydrogen (secondary N) is 1. The molecule has 0 aliphatic carbocycles. The molecule has 1 aliphatic rings. The highest BCUT2D eigenvalue weighted by Gasteiger charge is 2.28. The van der Waals surface area contributed by atoms with Crippen LogP contribution < -0.4 is 11.1 Å². The maximum absolute atomic E-state index is 12.0.